The minimum absolute atomic E-state index is 0.705. The van der Waals surface area contributed by atoms with Crippen LogP contribution in [0.3, 0.4) is 0 Å². The minimum Gasteiger partial charge on any atom is -0.397 e. The molecule has 3 N–H and O–H groups in total. The summed E-state index contributed by atoms with van der Waals surface area (Å²) in [6, 6.07) is 9.85. The molecule has 0 radical (unpaired) electrons. The Morgan fingerprint density at radius 2 is 2.12 bits per heavy atom. The second-order valence-corrected chi connectivity index (χ2v) is 4.52. The number of nitrogens with zero attached hydrogens (tertiary/aromatic N) is 1. The molecule has 0 fully saturated rings. The third-order valence-corrected chi connectivity index (χ3v) is 3.28. The molecule has 0 aliphatic carbocycles. The maximum atomic E-state index is 5.91. The first-order valence-corrected chi connectivity index (χ1v) is 6.21. The van der Waals surface area contributed by atoms with Crippen LogP contribution in [0.1, 0.15) is 0 Å². The van der Waals surface area contributed by atoms with Crippen LogP contribution < -0.4 is 11.1 Å². The second-order valence-electron chi connectivity index (χ2n) is 3.74. The molecule has 0 spiro atoms. The highest BCUT2D eigenvalue weighted by molar-refractivity contribution is 7.08. The summed E-state index contributed by atoms with van der Waals surface area (Å²) >= 11 is 1.66. The molecule has 0 unspecified atom stereocenters. The van der Waals surface area contributed by atoms with E-state index in [1.165, 1.54) is 0 Å². The van der Waals surface area contributed by atoms with Crippen LogP contribution >= 0.6 is 11.3 Å². The van der Waals surface area contributed by atoms with Crippen molar-refractivity contribution in [2.45, 2.75) is 0 Å². The van der Waals surface area contributed by atoms with Gasteiger partial charge in [-0.2, -0.15) is 11.3 Å². The molecule has 0 saturated carbocycles. The van der Waals surface area contributed by atoms with Gasteiger partial charge in [-0.1, -0.05) is 0 Å². The molecule has 0 amide bonds. The van der Waals surface area contributed by atoms with Crippen molar-refractivity contribution in [3.63, 3.8) is 0 Å². The predicted octanol–water partition coefficient (Wildman–Crippen LogP) is 3.62. The maximum absolute atomic E-state index is 5.91. The summed E-state index contributed by atoms with van der Waals surface area (Å²) in [6.45, 7) is 0. The first kappa shape index (κ1) is 10.1. The topological polar surface area (TPSA) is 50.9 Å². The third-order valence-electron chi connectivity index (χ3n) is 2.60. The van der Waals surface area contributed by atoms with Crippen LogP contribution in [0.2, 0.25) is 0 Å². The van der Waals surface area contributed by atoms with Gasteiger partial charge in [0.15, 0.2) is 0 Å². The second kappa shape index (κ2) is 4.07. The van der Waals surface area contributed by atoms with E-state index in [4.69, 9.17) is 5.73 Å². The highest BCUT2D eigenvalue weighted by Crippen LogP contribution is 2.29. The lowest BCUT2D eigenvalue weighted by molar-refractivity contribution is 1.41. The average molecular weight is 241 g/mol. The number of anilines is 3. The quantitative estimate of drug-likeness (QED) is 0.674. The number of rotatable bonds is 2. The fourth-order valence-electron chi connectivity index (χ4n) is 1.79. The van der Waals surface area contributed by atoms with Crippen molar-refractivity contribution in [3.8, 4) is 0 Å². The summed E-state index contributed by atoms with van der Waals surface area (Å²) < 4.78 is 0. The van der Waals surface area contributed by atoms with E-state index in [1.807, 2.05) is 35.7 Å². The Labute approximate surface area is 103 Å². The Bertz CT molecular complexity index is 647. The summed E-state index contributed by atoms with van der Waals surface area (Å²) in [5.41, 5.74) is 9.57. The summed E-state index contributed by atoms with van der Waals surface area (Å²) in [4.78, 5) is 4.31. The van der Waals surface area contributed by atoms with E-state index in [0.717, 1.165) is 22.3 Å². The largest absolute Gasteiger partial charge is 0.397 e. The number of hydrogen-bond donors (Lipinski definition) is 2. The zero-order valence-electron chi connectivity index (χ0n) is 9.05. The minimum atomic E-state index is 0.705. The van der Waals surface area contributed by atoms with Gasteiger partial charge in [-0.05, 0) is 35.7 Å². The summed E-state index contributed by atoms with van der Waals surface area (Å²) in [7, 11) is 0. The van der Waals surface area contributed by atoms with Crippen LogP contribution in [0.15, 0.2) is 47.3 Å². The van der Waals surface area contributed by atoms with Crippen LogP contribution in [0, 0.1) is 0 Å². The average Bonchev–Trinajstić information content (AvgIpc) is 2.86. The molecule has 3 nitrogen and oxygen atoms in total. The molecule has 3 rings (SSSR count). The number of fused-ring (bicyclic) bond motifs is 1. The van der Waals surface area contributed by atoms with E-state index < -0.39 is 0 Å². The number of benzene rings is 1. The van der Waals surface area contributed by atoms with Crippen molar-refractivity contribution in [1.82, 2.24) is 4.98 Å². The van der Waals surface area contributed by atoms with Crippen molar-refractivity contribution >= 4 is 39.3 Å². The molecule has 17 heavy (non-hydrogen) atoms. The highest BCUT2D eigenvalue weighted by Gasteiger charge is 2.04. The Morgan fingerprint density at radius 1 is 1.18 bits per heavy atom. The highest BCUT2D eigenvalue weighted by atomic mass is 32.1. The van der Waals surface area contributed by atoms with Gasteiger partial charge in [0.05, 0.1) is 11.2 Å². The molecule has 3 aromatic rings. The van der Waals surface area contributed by atoms with E-state index in [0.29, 0.717) is 5.69 Å². The third kappa shape index (κ3) is 1.83. The summed E-state index contributed by atoms with van der Waals surface area (Å²) in [6.07, 6.45) is 1.76. The molecule has 2 aromatic heterocycles. The molecule has 84 valence electrons. The molecule has 0 bridgehead atoms. The summed E-state index contributed by atoms with van der Waals surface area (Å²) in [5.74, 6) is 0. The first-order valence-electron chi connectivity index (χ1n) is 5.27. The van der Waals surface area contributed by atoms with E-state index in [-0.39, 0.29) is 0 Å². The van der Waals surface area contributed by atoms with Gasteiger partial charge in [0.25, 0.3) is 0 Å². The molecule has 0 aliphatic rings. The number of pyridine rings is 1. The van der Waals surface area contributed by atoms with Crippen molar-refractivity contribution in [3.05, 3.63) is 47.3 Å². The molecule has 0 saturated heterocycles. The van der Waals surface area contributed by atoms with Gasteiger partial charge >= 0.3 is 0 Å². The van der Waals surface area contributed by atoms with Gasteiger partial charge < -0.3 is 11.1 Å². The fraction of sp³-hybridized carbons (Fsp3) is 0. The normalized spacial score (nSPS) is 10.6. The van der Waals surface area contributed by atoms with E-state index >= 15 is 0 Å². The molecule has 4 heteroatoms. The van der Waals surface area contributed by atoms with E-state index in [1.54, 1.807) is 17.5 Å². The lowest BCUT2D eigenvalue weighted by Crippen LogP contribution is -1.94. The standard InChI is InChI=1S/C13H11N3S/c14-11-3-4-12(16-9-5-7-17-8-9)10-2-1-6-15-13(10)11/h1-8,16H,14H2. The van der Waals surface area contributed by atoms with Crippen LogP contribution in [-0.2, 0) is 0 Å². The lowest BCUT2D eigenvalue weighted by Gasteiger charge is -2.09. The maximum Gasteiger partial charge on any atom is 0.0951 e. The molecule has 1 aromatic carbocycles. The number of nitrogen functional groups attached to an aromatic ring is 1. The number of nitrogens with one attached hydrogen (secondary N) is 1. The van der Waals surface area contributed by atoms with Crippen molar-refractivity contribution < 1.29 is 0 Å². The Hall–Kier alpha value is -2.07. The van der Waals surface area contributed by atoms with Crippen molar-refractivity contribution in [2.24, 2.45) is 0 Å². The lowest BCUT2D eigenvalue weighted by atomic mass is 10.1. The molecule has 2 heterocycles. The van der Waals surface area contributed by atoms with Crippen molar-refractivity contribution in [1.29, 1.82) is 0 Å². The van der Waals surface area contributed by atoms with Crippen LogP contribution in [0.5, 0.6) is 0 Å². The summed E-state index contributed by atoms with van der Waals surface area (Å²) in [5, 5.41) is 8.52. The van der Waals surface area contributed by atoms with Gasteiger partial charge in [-0.25, -0.2) is 0 Å². The first-order chi connectivity index (χ1) is 8.34. The van der Waals surface area contributed by atoms with Gasteiger partial charge in [0.1, 0.15) is 0 Å². The van der Waals surface area contributed by atoms with Crippen molar-refractivity contribution in [2.75, 3.05) is 11.1 Å². The van der Waals surface area contributed by atoms with Crippen LogP contribution in [0.25, 0.3) is 10.9 Å². The molecule has 0 aliphatic heterocycles. The van der Waals surface area contributed by atoms with Gasteiger partial charge in [-0.15, -0.1) is 0 Å². The molecular formula is C13H11N3S. The Balaban J connectivity index is 2.14. The zero-order valence-corrected chi connectivity index (χ0v) is 9.87. The van der Waals surface area contributed by atoms with Gasteiger partial charge in [0.2, 0.25) is 0 Å². The smallest absolute Gasteiger partial charge is 0.0951 e. The van der Waals surface area contributed by atoms with E-state index in [9.17, 15) is 0 Å². The predicted molar refractivity (Wildman–Crippen MR) is 73.8 cm³/mol. The number of hydrogen-bond acceptors (Lipinski definition) is 4. The Morgan fingerprint density at radius 3 is 2.94 bits per heavy atom. The number of nitrogens with two attached hydrogens (primary N) is 1. The van der Waals surface area contributed by atoms with Crippen LogP contribution in [-0.4, -0.2) is 4.98 Å². The van der Waals surface area contributed by atoms with Crippen LogP contribution in [0.4, 0.5) is 17.1 Å². The SMILES string of the molecule is Nc1ccc(Nc2ccsc2)c2cccnc12. The van der Waals surface area contributed by atoms with E-state index in [2.05, 4.69) is 15.7 Å². The van der Waals surface area contributed by atoms with Gasteiger partial charge in [0, 0.05) is 28.3 Å². The molecular weight excluding hydrogens is 230 g/mol. The van der Waals surface area contributed by atoms with Gasteiger partial charge in [-0.3, -0.25) is 4.98 Å². The number of aromatic nitrogens is 1. The fourth-order valence-corrected chi connectivity index (χ4v) is 2.38. The Kier molecular flexibility index (Phi) is 2.42. The number of thiophene rings is 1. The zero-order chi connectivity index (χ0) is 11.7. The molecule has 0 atom stereocenters. The monoisotopic (exact) mass is 241 g/mol.